The number of benzene rings is 1. The molecule has 0 saturated carbocycles. The monoisotopic (exact) mass is 212 g/mol. The van der Waals surface area contributed by atoms with Gasteiger partial charge in [0.15, 0.2) is 0 Å². The second kappa shape index (κ2) is 4.78. The molecule has 0 aromatic heterocycles. The third-order valence-corrected chi connectivity index (χ3v) is 3.02. The Morgan fingerprint density at radius 2 is 1.93 bits per heavy atom. The predicted octanol–water partition coefficient (Wildman–Crippen LogP) is 0.437. The number of nitrogens with one attached hydrogen (secondary N) is 1. The molecule has 3 N–H and O–H groups in total. The molecule has 1 aromatic rings. The standard InChI is InChI=1S/C9H12N2O2S/c10-7-4-8-11-14(12,13)9-5-2-1-3-6-9/h1-7,11H,8,10H2. The van der Waals surface area contributed by atoms with Crippen LogP contribution in [0.2, 0.25) is 0 Å². The van der Waals surface area contributed by atoms with Crippen molar-refractivity contribution >= 4 is 10.0 Å². The summed E-state index contributed by atoms with van der Waals surface area (Å²) in [4.78, 5) is 0.255. The zero-order valence-corrected chi connectivity index (χ0v) is 8.37. The molecule has 0 saturated heterocycles. The van der Waals surface area contributed by atoms with Gasteiger partial charge in [-0.3, -0.25) is 0 Å². The molecule has 0 spiro atoms. The Hall–Kier alpha value is -1.33. The summed E-state index contributed by atoms with van der Waals surface area (Å²) in [7, 11) is -3.39. The summed E-state index contributed by atoms with van der Waals surface area (Å²) in [5, 5.41) is 0. The van der Waals surface area contributed by atoms with Crippen molar-refractivity contribution in [3.8, 4) is 0 Å². The second-order valence-electron chi connectivity index (χ2n) is 2.59. The van der Waals surface area contributed by atoms with Crippen molar-refractivity contribution in [1.29, 1.82) is 0 Å². The van der Waals surface area contributed by atoms with Gasteiger partial charge in [0.2, 0.25) is 10.0 Å². The minimum atomic E-state index is -3.39. The van der Waals surface area contributed by atoms with E-state index in [1.165, 1.54) is 24.4 Å². The van der Waals surface area contributed by atoms with Gasteiger partial charge in [0.05, 0.1) is 4.90 Å². The van der Waals surface area contributed by atoms with E-state index in [2.05, 4.69) is 4.72 Å². The lowest BCUT2D eigenvalue weighted by molar-refractivity contribution is 0.585. The summed E-state index contributed by atoms with van der Waals surface area (Å²) in [5.41, 5.74) is 5.08. The summed E-state index contributed by atoms with van der Waals surface area (Å²) in [6.45, 7) is 0.202. The fraction of sp³-hybridized carbons (Fsp3) is 0.111. The smallest absolute Gasteiger partial charge is 0.240 e. The zero-order valence-electron chi connectivity index (χ0n) is 7.55. The molecule has 14 heavy (non-hydrogen) atoms. The molecule has 0 atom stereocenters. The highest BCUT2D eigenvalue weighted by Crippen LogP contribution is 2.06. The van der Waals surface area contributed by atoms with E-state index >= 15 is 0 Å². The molecular formula is C9H12N2O2S. The quantitative estimate of drug-likeness (QED) is 0.760. The average Bonchev–Trinajstić information content (AvgIpc) is 2.19. The van der Waals surface area contributed by atoms with Crippen LogP contribution in [0.1, 0.15) is 0 Å². The van der Waals surface area contributed by atoms with Gasteiger partial charge in [-0.25, -0.2) is 13.1 Å². The highest BCUT2D eigenvalue weighted by atomic mass is 32.2. The van der Waals surface area contributed by atoms with Gasteiger partial charge in [-0.15, -0.1) is 0 Å². The van der Waals surface area contributed by atoms with Crippen molar-refractivity contribution < 1.29 is 8.42 Å². The SMILES string of the molecule is NC=CCNS(=O)(=O)c1ccccc1. The van der Waals surface area contributed by atoms with Gasteiger partial charge in [-0.05, 0) is 18.3 Å². The molecule has 0 aliphatic heterocycles. The normalized spacial score (nSPS) is 12.0. The minimum Gasteiger partial charge on any atom is -0.405 e. The minimum absolute atomic E-state index is 0.202. The van der Waals surface area contributed by atoms with E-state index < -0.39 is 10.0 Å². The third kappa shape index (κ3) is 2.86. The lowest BCUT2D eigenvalue weighted by Gasteiger charge is -2.03. The number of sulfonamides is 1. The van der Waals surface area contributed by atoms with Crippen molar-refractivity contribution in [2.45, 2.75) is 4.90 Å². The summed E-state index contributed by atoms with van der Waals surface area (Å²) in [6, 6.07) is 8.18. The highest BCUT2D eigenvalue weighted by molar-refractivity contribution is 7.89. The van der Waals surface area contributed by atoms with Gasteiger partial charge in [-0.1, -0.05) is 24.3 Å². The van der Waals surface area contributed by atoms with Crippen LogP contribution in [0.3, 0.4) is 0 Å². The second-order valence-corrected chi connectivity index (χ2v) is 4.36. The molecule has 4 nitrogen and oxygen atoms in total. The largest absolute Gasteiger partial charge is 0.405 e. The Kier molecular flexibility index (Phi) is 3.67. The highest BCUT2D eigenvalue weighted by Gasteiger charge is 2.10. The molecule has 1 rings (SSSR count). The maximum absolute atomic E-state index is 11.5. The van der Waals surface area contributed by atoms with E-state index in [1.54, 1.807) is 18.2 Å². The van der Waals surface area contributed by atoms with Gasteiger partial charge >= 0.3 is 0 Å². The number of hydrogen-bond donors (Lipinski definition) is 2. The molecule has 0 heterocycles. The molecule has 0 aliphatic rings. The van der Waals surface area contributed by atoms with Gasteiger partial charge in [0.25, 0.3) is 0 Å². The Balaban J connectivity index is 2.77. The molecule has 76 valence electrons. The third-order valence-electron chi connectivity index (χ3n) is 1.58. The zero-order chi connectivity index (χ0) is 10.4. The van der Waals surface area contributed by atoms with Crippen LogP contribution in [-0.2, 0) is 10.0 Å². The van der Waals surface area contributed by atoms with Gasteiger partial charge < -0.3 is 5.73 Å². The van der Waals surface area contributed by atoms with Crippen LogP contribution in [0.25, 0.3) is 0 Å². The number of hydrogen-bond acceptors (Lipinski definition) is 3. The fourth-order valence-corrected chi connectivity index (χ4v) is 1.91. The molecule has 1 aromatic carbocycles. The Labute approximate surface area is 83.5 Å². The molecule has 5 heteroatoms. The molecule has 0 bridgehead atoms. The van der Waals surface area contributed by atoms with Crippen molar-refractivity contribution in [3.05, 3.63) is 42.6 Å². The lowest BCUT2D eigenvalue weighted by Crippen LogP contribution is -2.23. The van der Waals surface area contributed by atoms with Crippen molar-refractivity contribution in [2.75, 3.05) is 6.54 Å². The Morgan fingerprint density at radius 1 is 1.29 bits per heavy atom. The summed E-state index contributed by atoms with van der Waals surface area (Å²) in [5.74, 6) is 0. The summed E-state index contributed by atoms with van der Waals surface area (Å²) in [6.07, 6.45) is 2.83. The Bertz CT molecular complexity index is 398. The predicted molar refractivity (Wildman–Crippen MR) is 55.0 cm³/mol. The van der Waals surface area contributed by atoms with Crippen LogP contribution in [-0.4, -0.2) is 15.0 Å². The number of nitrogens with two attached hydrogens (primary N) is 1. The molecule has 0 aliphatic carbocycles. The molecular weight excluding hydrogens is 200 g/mol. The first kappa shape index (κ1) is 10.7. The van der Waals surface area contributed by atoms with Crippen LogP contribution < -0.4 is 10.5 Å². The van der Waals surface area contributed by atoms with Gasteiger partial charge in [0.1, 0.15) is 0 Å². The Morgan fingerprint density at radius 3 is 2.50 bits per heavy atom. The molecule has 0 fully saturated rings. The van der Waals surface area contributed by atoms with E-state index in [1.807, 2.05) is 0 Å². The topological polar surface area (TPSA) is 72.2 Å². The first-order chi connectivity index (χ1) is 6.67. The van der Waals surface area contributed by atoms with Crippen LogP contribution in [0.4, 0.5) is 0 Å². The van der Waals surface area contributed by atoms with E-state index in [0.717, 1.165) is 0 Å². The van der Waals surface area contributed by atoms with Crippen molar-refractivity contribution in [1.82, 2.24) is 4.72 Å². The van der Waals surface area contributed by atoms with E-state index in [0.29, 0.717) is 0 Å². The molecule has 0 amide bonds. The van der Waals surface area contributed by atoms with Crippen LogP contribution >= 0.6 is 0 Å². The van der Waals surface area contributed by atoms with E-state index in [-0.39, 0.29) is 11.4 Å². The number of rotatable bonds is 4. The van der Waals surface area contributed by atoms with Gasteiger partial charge in [-0.2, -0.15) is 0 Å². The summed E-state index contributed by atoms with van der Waals surface area (Å²) >= 11 is 0. The maximum atomic E-state index is 11.5. The van der Waals surface area contributed by atoms with Crippen LogP contribution in [0.15, 0.2) is 47.5 Å². The first-order valence-corrected chi connectivity index (χ1v) is 5.56. The van der Waals surface area contributed by atoms with Crippen molar-refractivity contribution in [3.63, 3.8) is 0 Å². The molecule has 0 unspecified atom stereocenters. The summed E-state index contributed by atoms with van der Waals surface area (Å²) < 4.78 is 25.4. The van der Waals surface area contributed by atoms with E-state index in [4.69, 9.17) is 5.73 Å². The first-order valence-electron chi connectivity index (χ1n) is 4.08. The van der Waals surface area contributed by atoms with E-state index in [9.17, 15) is 8.42 Å². The van der Waals surface area contributed by atoms with Crippen LogP contribution in [0, 0.1) is 0 Å². The van der Waals surface area contributed by atoms with Crippen LogP contribution in [0.5, 0.6) is 0 Å². The molecule has 0 radical (unpaired) electrons. The van der Waals surface area contributed by atoms with Crippen molar-refractivity contribution in [2.24, 2.45) is 5.73 Å². The average molecular weight is 212 g/mol. The van der Waals surface area contributed by atoms with Gasteiger partial charge in [0, 0.05) is 6.54 Å². The lowest BCUT2D eigenvalue weighted by atomic mass is 10.4. The maximum Gasteiger partial charge on any atom is 0.240 e. The fourth-order valence-electron chi connectivity index (χ4n) is 0.909.